The van der Waals surface area contributed by atoms with E-state index in [-0.39, 0.29) is 6.04 Å². The molecule has 1 aromatic carbocycles. The fraction of sp³-hybridized carbons (Fsp3) is 0.250. The van der Waals surface area contributed by atoms with Gasteiger partial charge < -0.3 is 5.73 Å². The Hall–Kier alpha value is -1.16. The smallest absolute Gasteiger partial charge is 0.0454 e. The molecule has 1 fully saturated rings. The van der Waals surface area contributed by atoms with Crippen molar-refractivity contribution in [3.05, 3.63) is 58.3 Å². The van der Waals surface area contributed by atoms with Crippen LogP contribution in [-0.4, -0.2) is 0 Å². The fourth-order valence-corrected chi connectivity index (χ4v) is 5.05. The lowest BCUT2D eigenvalue weighted by molar-refractivity contribution is 0.626. The maximum atomic E-state index is 6.47. The Morgan fingerprint density at radius 2 is 1.95 bits per heavy atom. The van der Waals surface area contributed by atoms with Gasteiger partial charge in [0.05, 0.1) is 0 Å². The number of hydrogen-bond acceptors (Lipinski definition) is 3. The van der Waals surface area contributed by atoms with Gasteiger partial charge in [0.25, 0.3) is 0 Å². The van der Waals surface area contributed by atoms with Gasteiger partial charge in [-0.05, 0) is 41.3 Å². The first-order valence-corrected chi connectivity index (χ1v) is 8.30. The second-order valence-electron chi connectivity index (χ2n) is 5.24. The molecule has 1 saturated carbocycles. The third-order valence-corrected chi connectivity index (χ3v) is 6.21. The van der Waals surface area contributed by atoms with Crippen molar-refractivity contribution in [1.29, 1.82) is 0 Å². The summed E-state index contributed by atoms with van der Waals surface area (Å²) in [6, 6.07) is 15.5. The zero-order valence-corrected chi connectivity index (χ0v) is 12.1. The van der Waals surface area contributed by atoms with Crippen LogP contribution in [0.1, 0.15) is 28.8 Å². The zero-order valence-electron chi connectivity index (χ0n) is 10.5. The Labute approximate surface area is 120 Å². The van der Waals surface area contributed by atoms with E-state index in [2.05, 4.69) is 47.8 Å². The quantitative estimate of drug-likeness (QED) is 0.737. The molecule has 0 saturated heterocycles. The number of nitrogens with two attached hydrogens (primary N) is 1. The Bertz CT molecular complexity index is 669. The van der Waals surface area contributed by atoms with Crippen molar-refractivity contribution in [3.8, 4) is 0 Å². The zero-order chi connectivity index (χ0) is 12.8. The molecule has 0 spiro atoms. The number of thiophene rings is 2. The second-order valence-corrected chi connectivity index (χ2v) is 7.30. The van der Waals surface area contributed by atoms with Crippen LogP contribution in [0, 0.1) is 5.92 Å². The average Bonchev–Trinajstić information content (AvgIpc) is 2.95. The molecule has 2 heterocycles. The Kier molecular flexibility index (Phi) is 2.72. The molecule has 2 N–H and O–H groups in total. The van der Waals surface area contributed by atoms with Gasteiger partial charge in [-0.15, -0.1) is 22.7 Å². The van der Waals surface area contributed by atoms with Crippen LogP contribution in [-0.2, 0) is 0 Å². The highest BCUT2D eigenvalue weighted by molar-refractivity contribution is 7.26. The Morgan fingerprint density at radius 1 is 1.11 bits per heavy atom. The molecule has 0 bridgehead atoms. The monoisotopic (exact) mass is 285 g/mol. The summed E-state index contributed by atoms with van der Waals surface area (Å²) in [6.45, 7) is 0. The third kappa shape index (κ3) is 2.02. The normalized spacial score (nSPS) is 23.6. The first-order valence-electron chi connectivity index (χ1n) is 6.60. The van der Waals surface area contributed by atoms with Crippen LogP contribution >= 0.6 is 22.7 Å². The minimum Gasteiger partial charge on any atom is -0.323 e. The summed E-state index contributed by atoms with van der Waals surface area (Å²) in [5, 5.41) is 2.15. The summed E-state index contributed by atoms with van der Waals surface area (Å²) in [5.41, 5.74) is 7.91. The molecule has 1 aliphatic carbocycles. The van der Waals surface area contributed by atoms with Gasteiger partial charge >= 0.3 is 0 Å². The molecule has 19 heavy (non-hydrogen) atoms. The molecule has 96 valence electrons. The molecular weight excluding hydrogens is 270 g/mol. The maximum Gasteiger partial charge on any atom is 0.0454 e. The van der Waals surface area contributed by atoms with Crippen LogP contribution in [0.4, 0.5) is 0 Å². The van der Waals surface area contributed by atoms with Crippen molar-refractivity contribution in [3.63, 3.8) is 0 Å². The summed E-state index contributed by atoms with van der Waals surface area (Å²) in [5.74, 6) is 1.28. The molecular formula is C16H15NS2. The first kappa shape index (κ1) is 11.6. The lowest BCUT2D eigenvalue weighted by Crippen LogP contribution is -2.11. The Balaban J connectivity index is 1.56. The van der Waals surface area contributed by atoms with E-state index in [4.69, 9.17) is 5.73 Å². The highest BCUT2D eigenvalue weighted by Gasteiger charge is 2.43. The van der Waals surface area contributed by atoms with Crippen molar-refractivity contribution in [1.82, 2.24) is 0 Å². The van der Waals surface area contributed by atoms with Gasteiger partial charge in [0, 0.05) is 20.3 Å². The molecule has 1 aliphatic rings. The molecule has 4 rings (SSSR count). The molecule has 1 nitrogen and oxygen atoms in total. The van der Waals surface area contributed by atoms with Crippen molar-refractivity contribution in [2.75, 3.05) is 0 Å². The lowest BCUT2D eigenvalue weighted by atomic mass is 10.1. The highest BCUT2D eigenvalue weighted by atomic mass is 32.1. The molecule has 3 aromatic rings. The van der Waals surface area contributed by atoms with Crippen LogP contribution in [0.5, 0.6) is 0 Å². The topological polar surface area (TPSA) is 26.0 Å². The van der Waals surface area contributed by atoms with Crippen LogP contribution in [0.15, 0.2) is 47.8 Å². The number of benzene rings is 1. The molecule has 0 aliphatic heterocycles. The lowest BCUT2D eigenvalue weighted by Gasteiger charge is -2.08. The number of rotatable bonds is 3. The molecule has 0 radical (unpaired) electrons. The molecule has 2 aromatic heterocycles. The second kappa shape index (κ2) is 4.44. The summed E-state index contributed by atoms with van der Waals surface area (Å²) >= 11 is 3.67. The van der Waals surface area contributed by atoms with E-state index in [1.54, 1.807) is 0 Å². The van der Waals surface area contributed by atoms with Gasteiger partial charge in [-0.1, -0.05) is 30.3 Å². The van der Waals surface area contributed by atoms with E-state index in [1.165, 1.54) is 26.3 Å². The van der Waals surface area contributed by atoms with Crippen LogP contribution < -0.4 is 5.73 Å². The minimum absolute atomic E-state index is 0.204. The minimum atomic E-state index is 0.204. The summed E-state index contributed by atoms with van der Waals surface area (Å²) < 4.78 is 2.76. The van der Waals surface area contributed by atoms with Gasteiger partial charge in [0.2, 0.25) is 0 Å². The molecule has 3 heteroatoms. The standard InChI is InChI=1S/C16H15NS2/c17-16(15-9-14-13(19-15)6-7-18-14)12-8-11(12)10-4-2-1-3-5-10/h1-7,9,11-12,16H,8,17H2. The van der Waals surface area contributed by atoms with E-state index < -0.39 is 0 Å². The van der Waals surface area contributed by atoms with E-state index in [0.717, 1.165) is 0 Å². The maximum absolute atomic E-state index is 6.47. The van der Waals surface area contributed by atoms with Gasteiger partial charge in [-0.3, -0.25) is 0 Å². The largest absolute Gasteiger partial charge is 0.323 e. The summed E-state index contributed by atoms with van der Waals surface area (Å²) in [7, 11) is 0. The average molecular weight is 285 g/mol. The van der Waals surface area contributed by atoms with E-state index >= 15 is 0 Å². The van der Waals surface area contributed by atoms with E-state index in [1.807, 2.05) is 22.7 Å². The molecule has 0 amide bonds. The molecule has 3 atom stereocenters. The fourth-order valence-electron chi connectivity index (χ4n) is 2.85. The van der Waals surface area contributed by atoms with Gasteiger partial charge in [-0.2, -0.15) is 0 Å². The first-order chi connectivity index (χ1) is 9.33. The van der Waals surface area contributed by atoms with Gasteiger partial charge in [-0.25, -0.2) is 0 Å². The predicted octanol–water partition coefficient (Wildman–Crippen LogP) is 4.77. The summed E-state index contributed by atoms with van der Waals surface area (Å²) in [4.78, 5) is 1.35. The number of hydrogen-bond donors (Lipinski definition) is 1. The SMILES string of the molecule is NC(c1cc2sccc2s1)C1CC1c1ccccc1. The van der Waals surface area contributed by atoms with Crippen LogP contribution in [0.3, 0.4) is 0 Å². The van der Waals surface area contributed by atoms with Crippen LogP contribution in [0.25, 0.3) is 9.40 Å². The number of fused-ring (bicyclic) bond motifs is 1. The molecule has 3 unspecified atom stereocenters. The van der Waals surface area contributed by atoms with Crippen LogP contribution in [0.2, 0.25) is 0 Å². The van der Waals surface area contributed by atoms with E-state index in [0.29, 0.717) is 11.8 Å². The van der Waals surface area contributed by atoms with Crippen molar-refractivity contribution < 1.29 is 0 Å². The van der Waals surface area contributed by atoms with Gasteiger partial charge in [0.1, 0.15) is 0 Å². The highest BCUT2D eigenvalue weighted by Crippen LogP contribution is 2.54. The van der Waals surface area contributed by atoms with Crippen molar-refractivity contribution in [2.24, 2.45) is 11.7 Å². The predicted molar refractivity (Wildman–Crippen MR) is 83.9 cm³/mol. The summed E-state index contributed by atoms with van der Waals surface area (Å²) in [6.07, 6.45) is 1.23. The van der Waals surface area contributed by atoms with Crippen molar-refractivity contribution in [2.45, 2.75) is 18.4 Å². The van der Waals surface area contributed by atoms with Crippen molar-refractivity contribution >= 4 is 32.1 Å². The third-order valence-electron chi connectivity index (χ3n) is 4.02. The Morgan fingerprint density at radius 3 is 2.74 bits per heavy atom. The van der Waals surface area contributed by atoms with E-state index in [9.17, 15) is 0 Å². The van der Waals surface area contributed by atoms with Gasteiger partial charge in [0.15, 0.2) is 0 Å².